The number of hydrogen-bond donors (Lipinski definition) is 6. The zero-order chi connectivity index (χ0) is 32.2. The lowest BCUT2D eigenvalue weighted by Gasteiger charge is -2.22. The molecule has 0 radical (unpaired) electrons. The van der Waals surface area contributed by atoms with Gasteiger partial charge < -0.3 is 25.8 Å². The average Bonchev–Trinajstić information content (AvgIpc) is 3.42. The molecular formula is C33H44N7O4S+. The van der Waals surface area contributed by atoms with Crippen molar-refractivity contribution in [1.82, 2.24) is 26.3 Å². The first-order valence-electron chi connectivity index (χ1n) is 15.2. The Kier molecular flexibility index (Phi) is 12.1. The van der Waals surface area contributed by atoms with Crippen LogP contribution in [0.4, 0.5) is 9.93 Å². The number of ether oxygens (including phenoxy) is 1. The van der Waals surface area contributed by atoms with Crippen molar-refractivity contribution in [1.29, 1.82) is 0 Å². The standard InChI is InChI=1S/C33H43N7O4S/c1-22(34-32(43)44-33(2,3)4)25-14-10-13-24(19-25)21-28(41)35-27-18-17-26(37-38-27)15-8-9-16-30-39-40-31(45-30)36-29(42)20-23-11-6-5-7-12-23/h5-7,10-14,17-19,22,28,35,37-38,41H,8-9,15-16,20-21H2,1-4H3,(H,34,43)(H,36,40,42)/p+1. The maximum atomic E-state index is 12.3. The highest BCUT2D eigenvalue weighted by molar-refractivity contribution is 7.15. The molecule has 7 N–H and O–H groups in total. The van der Waals surface area contributed by atoms with Crippen LogP contribution in [0.3, 0.4) is 0 Å². The number of aryl methyl sites for hydroxylation is 1. The van der Waals surface area contributed by atoms with Gasteiger partial charge in [0.25, 0.3) is 0 Å². The topological polar surface area (TPSA) is 154 Å². The molecule has 240 valence electrons. The number of rotatable bonds is 14. The number of quaternary nitrogens is 1. The fourth-order valence-electron chi connectivity index (χ4n) is 4.67. The molecule has 0 aliphatic carbocycles. The number of aromatic nitrogens is 2. The summed E-state index contributed by atoms with van der Waals surface area (Å²) >= 11 is 1.42. The third kappa shape index (κ3) is 12.0. The minimum absolute atomic E-state index is 0.0987. The summed E-state index contributed by atoms with van der Waals surface area (Å²) in [6.07, 6.45) is 7.03. The van der Waals surface area contributed by atoms with Gasteiger partial charge in [-0.1, -0.05) is 65.9 Å². The van der Waals surface area contributed by atoms with Crippen molar-refractivity contribution in [2.45, 2.75) is 84.1 Å². The molecule has 45 heavy (non-hydrogen) atoms. The van der Waals surface area contributed by atoms with Crippen molar-refractivity contribution in [3.8, 4) is 0 Å². The smallest absolute Gasteiger partial charge is 0.408 e. The van der Waals surface area contributed by atoms with Gasteiger partial charge in [-0.15, -0.1) is 10.2 Å². The van der Waals surface area contributed by atoms with Gasteiger partial charge in [-0.25, -0.2) is 10.2 Å². The molecule has 0 fully saturated rings. The van der Waals surface area contributed by atoms with E-state index in [1.165, 1.54) is 11.3 Å². The van der Waals surface area contributed by atoms with Crippen molar-refractivity contribution in [3.05, 3.63) is 100.0 Å². The van der Waals surface area contributed by atoms with Gasteiger partial charge >= 0.3 is 6.09 Å². The second kappa shape index (κ2) is 16.2. The summed E-state index contributed by atoms with van der Waals surface area (Å²) in [5.74, 6) is 0.691. The largest absolute Gasteiger partial charge is 0.444 e. The lowest BCUT2D eigenvalue weighted by Crippen LogP contribution is -2.94. The van der Waals surface area contributed by atoms with Crippen LogP contribution in [0.15, 0.2) is 78.3 Å². The molecule has 0 spiro atoms. The highest BCUT2D eigenvalue weighted by Gasteiger charge is 2.19. The van der Waals surface area contributed by atoms with E-state index in [0.29, 0.717) is 18.0 Å². The van der Waals surface area contributed by atoms with Crippen LogP contribution in [-0.2, 0) is 28.8 Å². The third-order valence-electron chi connectivity index (χ3n) is 6.83. The van der Waals surface area contributed by atoms with Crippen molar-refractivity contribution in [2.24, 2.45) is 0 Å². The van der Waals surface area contributed by atoms with Crippen LogP contribution in [0.2, 0.25) is 0 Å². The number of aliphatic hydroxyl groups is 1. The Morgan fingerprint density at radius 3 is 2.51 bits per heavy atom. The SMILES string of the molecule is CC(NC(=O)OC(C)(C)C)c1cccc(CC(O)NC2=CC=C(CCCCc3nnc(NC(=O)Cc4ccccc4)s3)N[NH2+]2)c1. The van der Waals surface area contributed by atoms with Gasteiger partial charge in [-0.3, -0.25) is 4.79 Å². The number of anilines is 1. The zero-order valence-electron chi connectivity index (χ0n) is 26.3. The second-order valence-corrected chi connectivity index (χ2v) is 13.1. The molecule has 2 heterocycles. The predicted molar refractivity (Wildman–Crippen MR) is 175 cm³/mol. The number of aliphatic hydroxyl groups excluding tert-OH is 1. The summed E-state index contributed by atoms with van der Waals surface area (Å²) in [5.41, 5.74) is 8.54. The lowest BCUT2D eigenvalue weighted by molar-refractivity contribution is -0.665. The molecule has 11 nitrogen and oxygen atoms in total. The van der Waals surface area contributed by atoms with E-state index in [2.05, 4.69) is 31.6 Å². The van der Waals surface area contributed by atoms with Crippen molar-refractivity contribution in [3.63, 3.8) is 0 Å². The van der Waals surface area contributed by atoms with Gasteiger partial charge in [0.2, 0.25) is 16.9 Å². The first-order chi connectivity index (χ1) is 21.5. The monoisotopic (exact) mass is 634 g/mol. The number of unbranched alkanes of at least 4 members (excludes halogenated alkanes) is 1. The summed E-state index contributed by atoms with van der Waals surface area (Å²) in [5, 5.41) is 29.3. The number of carbonyl (C=O) groups excluding carboxylic acids is 2. The van der Waals surface area contributed by atoms with Gasteiger partial charge in [0.05, 0.1) is 18.2 Å². The number of alkyl carbamates (subject to hydrolysis) is 1. The maximum Gasteiger partial charge on any atom is 0.408 e. The Balaban J connectivity index is 1.15. The molecule has 0 saturated heterocycles. The third-order valence-corrected chi connectivity index (χ3v) is 7.73. The van der Waals surface area contributed by atoms with E-state index in [1.807, 2.05) is 99.9 Å². The van der Waals surface area contributed by atoms with Gasteiger partial charge in [-0.05, 0) is 69.7 Å². The molecule has 2 unspecified atom stereocenters. The van der Waals surface area contributed by atoms with Crippen molar-refractivity contribution >= 4 is 28.5 Å². The van der Waals surface area contributed by atoms with E-state index >= 15 is 0 Å². The van der Waals surface area contributed by atoms with Crippen LogP contribution in [0.5, 0.6) is 0 Å². The second-order valence-electron chi connectivity index (χ2n) is 12.0. The van der Waals surface area contributed by atoms with Crippen LogP contribution in [0.1, 0.15) is 74.7 Å². The van der Waals surface area contributed by atoms with E-state index in [4.69, 9.17) is 4.74 Å². The maximum absolute atomic E-state index is 12.3. The Hall–Kier alpha value is -4.26. The number of benzene rings is 2. The fourth-order valence-corrected chi connectivity index (χ4v) is 5.47. The number of nitrogens with zero attached hydrogens (tertiary/aromatic N) is 2. The van der Waals surface area contributed by atoms with Crippen LogP contribution in [0.25, 0.3) is 0 Å². The Morgan fingerprint density at radius 2 is 1.78 bits per heavy atom. The van der Waals surface area contributed by atoms with Crippen LogP contribution >= 0.6 is 11.3 Å². The Morgan fingerprint density at radius 1 is 1.02 bits per heavy atom. The predicted octanol–water partition coefficient (Wildman–Crippen LogP) is 3.98. The van der Waals surface area contributed by atoms with Crippen LogP contribution in [0, 0.1) is 0 Å². The summed E-state index contributed by atoms with van der Waals surface area (Å²) in [6.45, 7) is 7.39. The molecule has 1 aromatic heterocycles. The molecule has 0 bridgehead atoms. The molecule has 1 aliphatic heterocycles. The number of allylic oxidation sites excluding steroid dienone is 3. The van der Waals surface area contributed by atoms with E-state index in [0.717, 1.165) is 58.9 Å². The molecule has 4 rings (SSSR count). The van der Waals surface area contributed by atoms with Gasteiger partial charge in [0.1, 0.15) is 16.8 Å². The molecule has 12 heteroatoms. The first-order valence-corrected chi connectivity index (χ1v) is 16.0. The van der Waals surface area contributed by atoms with Gasteiger partial charge in [-0.2, -0.15) is 5.43 Å². The molecule has 1 aliphatic rings. The quantitative estimate of drug-likeness (QED) is 0.0885. The normalized spacial score (nSPS) is 14.3. The molecule has 2 aromatic carbocycles. The fraction of sp³-hybridized carbons (Fsp3) is 0.394. The van der Waals surface area contributed by atoms with E-state index in [9.17, 15) is 14.7 Å². The lowest BCUT2D eigenvalue weighted by atomic mass is 10.0. The van der Waals surface area contributed by atoms with Crippen LogP contribution < -0.4 is 26.8 Å². The van der Waals surface area contributed by atoms with Crippen LogP contribution in [-0.4, -0.2) is 39.1 Å². The van der Waals surface area contributed by atoms with Crippen molar-refractivity contribution < 1.29 is 24.9 Å². The summed E-state index contributed by atoms with van der Waals surface area (Å²) in [6, 6.07) is 17.2. The molecule has 2 amide bonds. The number of hydrogen-bond acceptors (Lipinski definition) is 9. The zero-order valence-corrected chi connectivity index (χ0v) is 27.1. The van der Waals surface area contributed by atoms with E-state index in [-0.39, 0.29) is 11.9 Å². The highest BCUT2D eigenvalue weighted by atomic mass is 32.1. The number of amides is 2. The number of nitrogens with one attached hydrogen (secondary N) is 4. The minimum atomic E-state index is -0.784. The summed E-state index contributed by atoms with van der Waals surface area (Å²) < 4.78 is 5.35. The molecule has 2 atom stereocenters. The Labute approximate surface area is 268 Å². The van der Waals surface area contributed by atoms with Gasteiger partial charge in [0.15, 0.2) is 0 Å². The average molecular weight is 635 g/mol. The Bertz CT molecular complexity index is 1480. The van der Waals surface area contributed by atoms with Crippen molar-refractivity contribution in [2.75, 3.05) is 5.32 Å². The van der Waals surface area contributed by atoms with Gasteiger partial charge in [0, 0.05) is 18.9 Å². The summed E-state index contributed by atoms with van der Waals surface area (Å²) in [4.78, 5) is 24.4. The van der Waals surface area contributed by atoms with E-state index in [1.54, 1.807) is 0 Å². The number of nitrogens with two attached hydrogens (primary N) is 1. The highest BCUT2D eigenvalue weighted by Crippen LogP contribution is 2.19. The minimum Gasteiger partial charge on any atom is -0.444 e. The summed E-state index contributed by atoms with van der Waals surface area (Å²) in [7, 11) is 0. The molecular weight excluding hydrogens is 590 g/mol. The molecule has 0 saturated carbocycles. The van der Waals surface area contributed by atoms with E-state index < -0.39 is 17.9 Å². The molecule has 3 aromatic rings. The number of carbonyl (C=O) groups is 2. The first kappa shape index (κ1) is 33.6.